The Morgan fingerprint density at radius 2 is 1.85 bits per heavy atom. The van der Waals surface area contributed by atoms with Gasteiger partial charge in [-0.15, -0.1) is 0 Å². The van der Waals surface area contributed by atoms with Gasteiger partial charge in [-0.05, 0) is 30.7 Å². The summed E-state index contributed by atoms with van der Waals surface area (Å²) in [6, 6.07) is 12.3. The molecule has 0 aliphatic rings. The molecule has 1 unspecified atom stereocenters. The van der Waals surface area contributed by atoms with Crippen molar-refractivity contribution >= 4 is 31.9 Å². The molecule has 3 aromatic rings. The molecule has 0 radical (unpaired) electrons. The molecule has 138 valence electrons. The molecule has 2 heterocycles. The zero-order valence-corrected chi connectivity index (χ0v) is 16.2. The van der Waals surface area contributed by atoms with Crippen LogP contribution in [0, 0.1) is 0 Å². The number of aromatic nitrogens is 3. The van der Waals surface area contributed by atoms with Gasteiger partial charge >= 0.3 is 0 Å². The molecule has 0 spiro atoms. The van der Waals surface area contributed by atoms with Crippen molar-refractivity contribution in [2.24, 2.45) is 0 Å². The van der Waals surface area contributed by atoms with E-state index in [4.69, 9.17) is 0 Å². The second-order valence-electron chi connectivity index (χ2n) is 5.98. The molecule has 26 heavy (non-hydrogen) atoms. The average molecular weight is 392 g/mol. The molecule has 8 heteroatoms. The van der Waals surface area contributed by atoms with Gasteiger partial charge in [0.1, 0.15) is 0 Å². The number of benzene rings is 1. The van der Waals surface area contributed by atoms with E-state index in [2.05, 4.69) is 9.97 Å². The molecular formula is C18H21N3O3S2. The van der Waals surface area contributed by atoms with E-state index in [1.54, 1.807) is 42.6 Å². The Kier molecular flexibility index (Phi) is 5.83. The Balaban J connectivity index is 2.03. The number of hydrogen-bond acceptors (Lipinski definition) is 5. The highest BCUT2D eigenvalue weighted by atomic mass is 32.2. The third-order valence-corrected chi connectivity index (χ3v) is 7.07. The first-order chi connectivity index (χ1) is 12.5. The van der Waals surface area contributed by atoms with Gasteiger partial charge in [0.15, 0.2) is 0 Å². The summed E-state index contributed by atoms with van der Waals surface area (Å²) in [5.41, 5.74) is 1.62. The number of para-hydroxylation sites is 2. The van der Waals surface area contributed by atoms with Crippen molar-refractivity contribution < 1.29 is 12.6 Å². The Morgan fingerprint density at radius 3 is 2.58 bits per heavy atom. The number of imidazole rings is 1. The van der Waals surface area contributed by atoms with Crippen LogP contribution in [0.4, 0.5) is 0 Å². The van der Waals surface area contributed by atoms with E-state index in [0.717, 1.165) is 16.8 Å². The molecule has 0 N–H and O–H groups in total. The molecule has 6 nitrogen and oxygen atoms in total. The summed E-state index contributed by atoms with van der Waals surface area (Å²) in [7, 11) is -5.27. The van der Waals surface area contributed by atoms with E-state index in [1.165, 1.54) is 0 Å². The van der Waals surface area contributed by atoms with Gasteiger partial charge in [-0.25, -0.2) is 17.4 Å². The molecule has 0 amide bonds. The fraction of sp³-hybridized carbons (Fsp3) is 0.333. The number of nitrogens with zero attached hydrogens (tertiary/aromatic N) is 3. The molecule has 2 aromatic heterocycles. The van der Waals surface area contributed by atoms with Crippen molar-refractivity contribution in [1.82, 2.24) is 13.9 Å². The van der Waals surface area contributed by atoms with Crippen LogP contribution in [0.1, 0.15) is 31.9 Å². The average Bonchev–Trinajstić information content (AvgIpc) is 3.03. The van der Waals surface area contributed by atoms with Crippen LogP contribution in [0.2, 0.25) is 0 Å². The van der Waals surface area contributed by atoms with Gasteiger partial charge in [-0.3, -0.25) is 9.19 Å². The van der Waals surface area contributed by atoms with Crippen LogP contribution < -0.4 is 0 Å². The van der Waals surface area contributed by atoms with Gasteiger partial charge in [0.05, 0.1) is 39.0 Å². The first-order valence-electron chi connectivity index (χ1n) is 8.52. The van der Waals surface area contributed by atoms with E-state index in [9.17, 15) is 12.6 Å². The summed E-state index contributed by atoms with van der Waals surface area (Å²) in [5.74, 6) is 0.129. The van der Waals surface area contributed by atoms with Crippen molar-refractivity contribution in [3.05, 3.63) is 54.4 Å². The van der Waals surface area contributed by atoms with E-state index < -0.39 is 20.8 Å². The molecule has 1 atom stereocenters. The number of hydrogen-bond donors (Lipinski definition) is 0. The van der Waals surface area contributed by atoms with Crippen LogP contribution in [0.15, 0.2) is 53.8 Å². The van der Waals surface area contributed by atoms with Crippen molar-refractivity contribution in [2.75, 3.05) is 5.75 Å². The lowest BCUT2D eigenvalue weighted by atomic mass is 10.3. The van der Waals surface area contributed by atoms with Gasteiger partial charge in [0.25, 0.3) is 0 Å². The lowest BCUT2D eigenvalue weighted by Crippen LogP contribution is -2.20. The van der Waals surface area contributed by atoms with Gasteiger partial charge in [0, 0.05) is 6.20 Å². The second kappa shape index (κ2) is 8.09. The number of unbranched alkanes of at least 4 members (excludes halogenated alkanes) is 2. The van der Waals surface area contributed by atoms with Crippen LogP contribution in [-0.2, 0) is 26.6 Å². The zero-order valence-electron chi connectivity index (χ0n) is 14.5. The smallest absolute Gasteiger partial charge is 0.241 e. The fourth-order valence-corrected chi connectivity index (χ4v) is 5.83. The highest BCUT2D eigenvalue weighted by molar-refractivity contribution is 7.91. The minimum Gasteiger partial charge on any atom is -0.260 e. The lowest BCUT2D eigenvalue weighted by molar-refractivity contribution is 0.577. The quantitative estimate of drug-likeness (QED) is 0.551. The van der Waals surface area contributed by atoms with Crippen molar-refractivity contribution in [2.45, 2.75) is 37.1 Å². The molecule has 0 aliphatic heterocycles. The van der Waals surface area contributed by atoms with Crippen molar-refractivity contribution in [3.8, 4) is 0 Å². The van der Waals surface area contributed by atoms with Gasteiger partial charge in [-0.1, -0.05) is 38.0 Å². The molecule has 0 fully saturated rings. The van der Waals surface area contributed by atoms with E-state index >= 15 is 0 Å². The maximum absolute atomic E-state index is 12.9. The summed E-state index contributed by atoms with van der Waals surface area (Å²) in [4.78, 5) is 8.53. The molecule has 3 rings (SSSR count). The van der Waals surface area contributed by atoms with Crippen LogP contribution in [0.3, 0.4) is 0 Å². The SMILES string of the molecule is CCCCCS(=O)(=O)n1c(S(=O)Cc2ccccn2)nc2ccccc21. The molecule has 0 aliphatic carbocycles. The third-order valence-electron chi connectivity index (χ3n) is 3.98. The Bertz CT molecular complexity index is 1010. The predicted octanol–water partition coefficient (Wildman–Crippen LogP) is 3.11. The molecule has 1 aromatic carbocycles. The summed E-state index contributed by atoms with van der Waals surface area (Å²) in [6.45, 7) is 2.02. The van der Waals surface area contributed by atoms with Crippen LogP contribution >= 0.6 is 0 Å². The number of rotatable bonds is 8. The number of pyridine rings is 1. The van der Waals surface area contributed by atoms with Crippen LogP contribution in [-0.4, -0.2) is 32.3 Å². The molecule has 0 saturated heterocycles. The van der Waals surface area contributed by atoms with E-state index in [0.29, 0.717) is 23.1 Å². The minimum absolute atomic E-state index is 0.00891. The fourth-order valence-electron chi connectivity index (χ4n) is 2.70. The highest BCUT2D eigenvalue weighted by Crippen LogP contribution is 2.23. The summed E-state index contributed by atoms with van der Waals surface area (Å²) in [6.07, 6.45) is 3.95. The lowest BCUT2D eigenvalue weighted by Gasteiger charge is -2.10. The Morgan fingerprint density at radius 1 is 1.08 bits per heavy atom. The summed E-state index contributed by atoms with van der Waals surface area (Å²) < 4.78 is 39.9. The van der Waals surface area contributed by atoms with Crippen LogP contribution in [0.5, 0.6) is 0 Å². The first-order valence-corrected chi connectivity index (χ1v) is 11.4. The zero-order chi connectivity index (χ0) is 18.6. The van der Waals surface area contributed by atoms with Crippen LogP contribution in [0.25, 0.3) is 11.0 Å². The second-order valence-corrected chi connectivity index (χ2v) is 9.26. The summed E-state index contributed by atoms with van der Waals surface area (Å²) in [5, 5.41) is 0.0633. The highest BCUT2D eigenvalue weighted by Gasteiger charge is 2.25. The Hall–Kier alpha value is -2.06. The molecule has 0 bridgehead atoms. The van der Waals surface area contributed by atoms with E-state index in [-0.39, 0.29) is 16.7 Å². The van der Waals surface area contributed by atoms with Crippen molar-refractivity contribution in [1.29, 1.82) is 0 Å². The normalized spacial score (nSPS) is 13.1. The van der Waals surface area contributed by atoms with Gasteiger partial charge in [0.2, 0.25) is 15.2 Å². The largest absolute Gasteiger partial charge is 0.260 e. The molecular weight excluding hydrogens is 370 g/mol. The topological polar surface area (TPSA) is 81.9 Å². The van der Waals surface area contributed by atoms with Crippen molar-refractivity contribution in [3.63, 3.8) is 0 Å². The minimum atomic E-state index is -3.64. The van der Waals surface area contributed by atoms with Gasteiger partial charge in [-0.2, -0.15) is 0 Å². The monoisotopic (exact) mass is 391 g/mol. The first kappa shape index (κ1) is 18.7. The third kappa shape index (κ3) is 4.02. The standard InChI is InChI=1S/C18H21N3O3S2/c1-2-3-8-13-26(23,24)21-17-11-5-4-10-16(17)20-18(21)25(22)14-15-9-6-7-12-19-15/h4-7,9-12H,2-3,8,13-14H2,1H3. The summed E-state index contributed by atoms with van der Waals surface area (Å²) >= 11 is 0. The number of fused-ring (bicyclic) bond motifs is 1. The maximum atomic E-state index is 12.9. The molecule has 0 saturated carbocycles. The predicted molar refractivity (Wildman–Crippen MR) is 103 cm³/mol. The van der Waals surface area contributed by atoms with E-state index in [1.807, 2.05) is 13.0 Å². The Labute approximate surface area is 155 Å². The maximum Gasteiger partial charge on any atom is 0.241 e. The van der Waals surface area contributed by atoms with Gasteiger partial charge < -0.3 is 0 Å².